The summed E-state index contributed by atoms with van der Waals surface area (Å²) in [5, 5.41) is 16.4. The van der Waals surface area contributed by atoms with E-state index in [-0.39, 0.29) is 17.9 Å². The Labute approximate surface area is 147 Å². The summed E-state index contributed by atoms with van der Waals surface area (Å²) in [5.74, 6) is -0.106. The van der Waals surface area contributed by atoms with Crippen LogP contribution in [0.2, 0.25) is 0 Å². The molecule has 2 heterocycles. The maximum atomic E-state index is 12.9. The van der Waals surface area contributed by atoms with Gasteiger partial charge in [-0.3, -0.25) is 4.68 Å². The van der Waals surface area contributed by atoms with E-state index in [2.05, 4.69) is 15.4 Å². The summed E-state index contributed by atoms with van der Waals surface area (Å²) in [4.78, 5) is 3.55. The molecule has 0 saturated carbocycles. The average Bonchev–Trinajstić information content (AvgIpc) is 3.00. The highest BCUT2D eigenvalue weighted by Crippen LogP contribution is 2.30. The van der Waals surface area contributed by atoms with E-state index < -0.39 is 11.9 Å². The summed E-state index contributed by atoms with van der Waals surface area (Å²) in [5.41, 5.74) is 1.38. The summed E-state index contributed by atoms with van der Waals surface area (Å²) >= 11 is 0. The van der Waals surface area contributed by atoms with Crippen molar-refractivity contribution in [1.29, 1.82) is 5.26 Å². The monoisotopic (exact) mass is 357 g/mol. The van der Waals surface area contributed by atoms with E-state index in [0.29, 0.717) is 5.69 Å². The third kappa shape index (κ3) is 3.67. The second-order valence-electron chi connectivity index (χ2n) is 5.60. The second kappa shape index (κ2) is 6.88. The first-order valence-electron chi connectivity index (χ1n) is 7.68. The van der Waals surface area contributed by atoms with Crippen molar-refractivity contribution in [2.75, 3.05) is 5.32 Å². The molecule has 0 spiro atoms. The molecule has 3 rings (SSSR count). The lowest BCUT2D eigenvalue weighted by molar-refractivity contribution is -0.141. The molecule has 0 saturated heterocycles. The molecule has 0 amide bonds. The highest BCUT2D eigenvalue weighted by atomic mass is 19.4. The second-order valence-corrected chi connectivity index (χ2v) is 5.60. The number of benzene rings is 1. The van der Waals surface area contributed by atoms with Gasteiger partial charge in [0.15, 0.2) is 0 Å². The minimum absolute atomic E-state index is 0.0446. The van der Waals surface area contributed by atoms with Crippen molar-refractivity contribution >= 4 is 5.82 Å². The summed E-state index contributed by atoms with van der Waals surface area (Å²) in [6, 6.07) is 13.2. The molecule has 5 nitrogen and oxygen atoms in total. The van der Waals surface area contributed by atoms with E-state index in [4.69, 9.17) is 5.26 Å². The predicted octanol–water partition coefficient (Wildman–Crippen LogP) is 3.98. The number of nitrogens with zero attached hydrogens (tertiary/aromatic N) is 4. The Morgan fingerprint density at radius 3 is 2.54 bits per heavy atom. The minimum Gasteiger partial charge on any atom is -0.365 e. The number of rotatable bonds is 4. The molecule has 3 aromatic rings. The van der Waals surface area contributed by atoms with Crippen LogP contribution in [0.1, 0.15) is 16.8 Å². The lowest BCUT2D eigenvalue weighted by Gasteiger charge is -2.11. The van der Waals surface area contributed by atoms with Crippen LogP contribution in [0.5, 0.6) is 0 Å². The maximum Gasteiger partial charge on any atom is 0.433 e. The van der Waals surface area contributed by atoms with Crippen LogP contribution in [-0.4, -0.2) is 14.8 Å². The van der Waals surface area contributed by atoms with Crippen LogP contribution < -0.4 is 5.32 Å². The van der Waals surface area contributed by atoms with Gasteiger partial charge in [-0.1, -0.05) is 30.3 Å². The maximum absolute atomic E-state index is 12.9. The van der Waals surface area contributed by atoms with Gasteiger partial charge in [0.05, 0.1) is 11.3 Å². The zero-order valence-electron chi connectivity index (χ0n) is 13.7. The SMILES string of the molecule is Cn1cc(CNc2nc(C(F)(F)F)ccc2C#N)c(-c2ccccc2)n1. The standard InChI is InChI=1S/C18H14F3N5/c1-26-11-14(16(25-26)12-5-3-2-4-6-12)10-23-17-13(9-22)7-8-15(24-17)18(19,20)21/h2-8,11H,10H2,1H3,(H,23,24). The predicted molar refractivity (Wildman–Crippen MR) is 89.9 cm³/mol. The van der Waals surface area contributed by atoms with Gasteiger partial charge < -0.3 is 5.32 Å². The molecule has 0 atom stereocenters. The minimum atomic E-state index is -4.58. The van der Waals surface area contributed by atoms with Crippen LogP contribution in [-0.2, 0) is 19.8 Å². The molecule has 0 bridgehead atoms. The molecule has 0 aliphatic rings. The number of aromatic nitrogens is 3. The third-order valence-corrected chi connectivity index (χ3v) is 3.70. The number of halogens is 3. The van der Waals surface area contributed by atoms with E-state index in [1.54, 1.807) is 17.9 Å². The smallest absolute Gasteiger partial charge is 0.365 e. The number of alkyl halides is 3. The largest absolute Gasteiger partial charge is 0.433 e. The Hall–Kier alpha value is -3.34. The number of anilines is 1. The van der Waals surface area contributed by atoms with Gasteiger partial charge in [0.1, 0.15) is 17.6 Å². The van der Waals surface area contributed by atoms with Crippen LogP contribution in [0.3, 0.4) is 0 Å². The highest BCUT2D eigenvalue weighted by molar-refractivity contribution is 5.63. The zero-order chi connectivity index (χ0) is 18.7. The topological polar surface area (TPSA) is 66.5 Å². The lowest BCUT2D eigenvalue weighted by Crippen LogP contribution is -2.11. The van der Waals surface area contributed by atoms with Gasteiger partial charge in [-0.2, -0.15) is 23.5 Å². The van der Waals surface area contributed by atoms with E-state index >= 15 is 0 Å². The van der Waals surface area contributed by atoms with Crippen molar-refractivity contribution in [2.45, 2.75) is 12.7 Å². The molecule has 0 radical (unpaired) electrons. The Kier molecular flexibility index (Phi) is 4.63. The number of hydrogen-bond donors (Lipinski definition) is 1. The lowest BCUT2D eigenvalue weighted by atomic mass is 10.1. The van der Waals surface area contributed by atoms with E-state index in [0.717, 1.165) is 23.3 Å². The van der Waals surface area contributed by atoms with Crippen molar-refractivity contribution in [1.82, 2.24) is 14.8 Å². The van der Waals surface area contributed by atoms with Crippen molar-refractivity contribution in [3.8, 4) is 17.3 Å². The van der Waals surface area contributed by atoms with Crippen molar-refractivity contribution in [2.24, 2.45) is 7.05 Å². The third-order valence-electron chi connectivity index (χ3n) is 3.70. The molecule has 2 aromatic heterocycles. The molecule has 132 valence electrons. The van der Waals surface area contributed by atoms with Gasteiger partial charge in [-0.25, -0.2) is 4.98 Å². The normalized spacial score (nSPS) is 11.2. The molecule has 0 aliphatic carbocycles. The Bertz CT molecular complexity index is 955. The quantitative estimate of drug-likeness (QED) is 0.767. The number of pyridine rings is 1. The number of aryl methyl sites for hydroxylation is 1. The fourth-order valence-corrected chi connectivity index (χ4v) is 2.53. The highest BCUT2D eigenvalue weighted by Gasteiger charge is 2.33. The molecule has 1 N–H and O–H groups in total. The van der Waals surface area contributed by atoms with Crippen molar-refractivity contribution in [3.63, 3.8) is 0 Å². The molecule has 26 heavy (non-hydrogen) atoms. The van der Waals surface area contributed by atoms with Crippen LogP contribution >= 0.6 is 0 Å². The first-order chi connectivity index (χ1) is 12.4. The summed E-state index contributed by atoms with van der Waals surface area (Å²) in [6.45, 7) is 0.182. The van der Waals surface area contributed by atoms with Gasteiger partial charge >= 0.3 is 6.18 Å². The molecule has 0 fully saturated rings. The Morgan fingerprint density at radius 2 is 1.88 bits per heavy atom. The van der Waals surface area contributed by atoms with E-state index in [1.807, 2.05) is 36.4 Å². The zero-order valence-corrected chi connectivity index (χ0v) is 13.7. The molecule has 0 unspecified atom stereocenters. The number of nitrogens with one attached hydrogen (secondary N) is 1. The van der Waals surface area contributed by atoms with E-state index in [1.165, 1.54) is 0 Å². The molecule has 0 aliphatic heterocycles. The first-order valence-corrected chi connectivity index (χ1v) is 7.68. The fourth-order valence-electron chi connectivity index (χ4n) is 2.53. The van der Waals surface area contributed by atoms with Crippen molar-refractivity contribution < 1.29 is 13.2 Å². The van der Waals surface area contributed by atoms with Gasteiger partial charge in [0.25, 0.3) is 0 Å². The van der Waals surface area contributed by atoms with Crippen LogP contribution in [0.15, 0.2) is 48.7 Å². The fraction of sp³-hybridized carbons (Fsp3) is 0.167. The Balaban J connectivity index is 1.90. The van der Waals surface area contributed by atoms with Gasteiger partial charge in [0.2, 0.25) is 0 Å². The van der Waals surface area contributed by atoms with Crippen LogP contribution in [0, 0.1) is 11.3 Å². The molecular formula is C18H14F3N5. The molecule has 8 heteroatoms. The number of hydrogen-bond acceptors (Lipinski definition) is 4. The average molecular weight is 357 g/mol. The first kappa shape index (κ1) is 17.5. The van der Waals surface area contributed by atoms with Crippen LogP contribution in [0.25, 0.3) is 11.3 Å². The number of nitriles is 1. The summed E-state index contributed by atoms with van der Waals surface area (Å²) in [6.07, 6.45) is -2.80. The van der Waals surface area contributed by atoms with Gasteiger partial charge in [-0.15, -0.1) is 0 Å². The van der Waals surface area contributed by atoms with Crippen molar-refractivity contribution in [3.05, 3.63) is 65.5 Å². The van der Waals surface area contributed by atoms with Gasteiger partial charge in [0, 0.05) is 30.9 Å². The Morgan fingerprint density at radius 1 is 1.15 bits per heavy atom. The summed E-state index contributed by atoms with van der Waals surface area (Å²) in [7, 11) is 1.76. The summed E-state index contributed by atoms with van der Waals surface area (Å²) < 4.78 is 40.2. The molecule has 1 aromatic carbocycles. The molecular weight excluding hydrogens is 343 g/mol. The van der Waals surface area contributed by atoms with Gasteiger partial charge in [-0.05, 0) is 12.1 Å². The van der Waals surface area contributed by atoms with E-state index in [9.17, 15) is 13.2 Å². The van der Waals surface area contributed by atoms with Crippen LogP contribution in [0.4, 0.5) is 19.0 Å².